The molecule has 5 atom stereocenters. The molecule has 32 heavy (non-hydrogen) atoms. The lowest BCUT2D eigenvalue weighted by Crippen LogP contribution is -2.65. The molecule has 1 fully saturated rings. The number of para-hydroxylation sites is 1. The molecule has 0 radical (unpaired) electrons. The second kappa shape index (κ2) is 9.47. The van der Waals surface area contributed by atoms with Gasteiger partial charge in [-0.05, 0) is 32.9 Å². The van der Waals surface area contributed by atoms with Gasteiger partial charge in [0.2, 0.25) is 5.91 Å². The van der Waals surface area contributed by atoms with E-state index in [4.69, 9.17) is 4.74 Å². The minimum atomic E-state index is -1.72. The van der Waals surface area contributed by atoms with Crippen LogP contribution in [0.2, 0.25) is 0 Å². The molecule has 0 aliphatic carbocycles. The maximum atomic E-state index is 13.6. The summed E-state index contributed by atoms with van der Waals surface area (Å²) in [5.74, 6) is -1.18. The molecule has 174 valence electrons. The number of amides is 2. The Morgan fingerprint density at radius 1 is 1.09 bits per heavy atom. The number of aliphatic hydroxyl groups excluding tert-OH is 4. The van der Waals surface area contributed by atoms with Gasteiger partial charge in [-0.25, -0.2) is 0 Å². The van der Waals surface area contributed by atoms with Crippen LogP contribution in [-0.2, 0) is 9.53 Å². The first-order chi connectivity index (χ1) is 15.0. The molecule has 3 rings (SSSR count). The average Bonchev–Trinajstić information content (AvgIpc) is 2.74. The number of aliphatic hydroxyl groups is 4. The third kappa shape index (κ3) is 5.05. The standard InChI is InChI=1S/C22H29N3O7/c1-22(2,3)24-15(27)10-25(21-19(30)18(29)17(28)14(11-26)32-21)20(31)13-8-4-6-12-7-5-9-23-16(12)13/h4-9,14,17-19,21,26,28-30H,10-11H2,1-3H3,(H,24,27)/t14?,17-,18-,19?,21+/m0/s1. The number of nitrogens with one attached hydrogen (secondary N) is 1. The second-order valence-electron chi connectivity index (χ2n) is 8.83. The fraction of sp³-hybridized carbons (Fsp3) is 0.500. The molecule has 1 aliphatic heterocycles. The lowest BCUT2D eigenvalue weighted by atomic mass is 9.97. The Labute approximate surface area is 185 Å². The summed E-state index contributed by atoms with van der Waals surface area (Å²) < 4.78 is 5.57. The Bertz CT molecular complexity index is 970. The van der Waals surface area contributed by atoms with Gasteiger partial charge in [-0.15, -0.1) is 0 Å². The third-order valence-corrected chi connectivity index (χ3v) is 5.13. The van der Waals surface area contributed by atoms with Crippen LogP contribution in [0, 0.1) is 0 Å². The zero-order valence-electron chi connectivity index (χ0n) is 18.2. The minimum absolute atomic E-state index is 0.170. The van der Waals surface area contributed by atoms with Crippen molar-refractivity contribution in [3.05, 3.63) is 42.1 Å². The van der Waals surface area contributed by atoms with Crippen LogP contribution >= 0.6 is 0 Å². The third-order valence-electron chi connectivity index (χ3n) is 5.13. The largest absolute Gasteiger partial charge is 0.394 e. The molecule has 0 bridgehead atoms. The molecule has 1 aromatic heterocycles. The van der Waals surface area contributed by atoms with Gasteiger partial charge in [0.05, 0.1) is 17.7 Å². The number of pyridine rings is 1. The molecule has 1 saturated heterocycles. The van der Waals surface area contributed by atoms with Gasteiger partial charge in [0.15, 0.2) is 6.23 Å². The molecule has 2 amide bonds. The second-order valence-corrected chi connectivity index (χ2v) is 8.83. The number of rotatable bonds is 5. The Hall–Kier alpha value is -2.63. The molecule has 2 unspecified atom stereocenters. The van der Waals surface area contributed by atoms with Crippen LogP contribution in [-0.4, -0.2) is 91.5 Å². The highest BCUT2D eigenvalue weighted by Gasteiger charge is 2.47. The SMILES string of the molecule is CC(C)(C)NC(=O)CN(C(=O)c1cccc2cccnc12)[C@@H]1OC(CO)[C@H](O)[C@H](O)C1O. The molecule has 0 saturated carbocycles. The van der Waals surface area contributed by atoms with Gasteiger partial charge in [0.25, 0.3) is 5.91 Å². The molecule has 2 heterocycles. The summed E-state index contributed by atoms with van der Waals surface area (Å²) in [4.78, 5) is 31.5. The van der Waals surface area contributed by atoms with Gasteiger partial charge in [-0.2, -0.15) is 0 Å². The number of hydrogen-bond donors (Lipinski definition) is 5. The molecule has 0 spiro atoms. The van der Waals surface area contributed by atoms with E-state index in [0.29, 0.717) is 10.9 Å². The van der Waals surface area contributed by atoms with E-state index in [1.165, 1.54) is 12.3 Å². The average molecular weight is 447 g/mol. The first-order valence-corrected chi connectivity index (χ1v) is 10.3. The van der Waals surface area contributed by atoms with Crippen LogP contribution in [0.25, 0.3) is 10.9 Å². The summed E-state index contributed by atoms with van der Waals surface area (Å²) >= 11 is 0. The fourth-order valence-corrected chi connectivity index (χ4v) is 3.66. The number of fused-ring (bicyclic) bond motifs is 1. The number of carbonyl (C=O) groups excluding carboxylic acids is 2. The Balaban J connectivity index is 2.02. The van der Waals surface area contributed by atoms with E-state index >= 15 is 0 Å². The molecule has 10 heteroatoms. The first kappa shape index (κ1) is 24.0. The van der Waals surface area contributed by atoms with Gasteiger partial charge in [0, 0.05) is 17.1 Å². The number of carbonyl (C=O) groups is 2. The maximum absolute atomic E-state index is 13.6. The first-order valence-electron chi connectivity index (χ1n) is 10.3. The van der Waals surface area contributed by atoms with Crippen LogP contribution in [0.3, 0.4) is 0 Å². The topological polar surface area (TPSA) is 152 Å². The van der Waals surface area contributed by atoms with Crippen molar-refractivity contribution in [3.8, 4) is 0 Å². The van der Waals surface area contributed by atoms with E-state index in [1.54, 1.807) is 45.0 Å². The number of benzene rings is 1. The lowest BCUT2D eigenvalue weighted by molar-refractivity contribution is -0.257. The number of aromatic nitrogens is 1. The molecule has 1 aromatic carbocycles. The van der Waals surface area contributed by atoms with Gasteiger partial charge in [0.1, 0.15) is 31.0 Å². The fourth-order valence-electron chi connectivity index (χ4n) is 3.66. The molecule has 5 N–H and O–H groups in total. The highest BCUT2D eigenvalue weighted by Crippen LogP contribution is 2.26. The molecular weight excluding hydrogens is 418 g/mol. The van der Waals surface area contributed by atoms with Crippen LogP contribution in [0.5, 0.6) is 0 Å². The van der Waals surface area contributed by atoms with Crippen molar-refractivity contribution in [2.45, 2.75) is 57.0 Å². The predicted octanol–water partition coefficient (Wildman–Crippen LogP) is -0.608. The summed E-state index contributed by atoms with van der Waals surface area (Å²) in [5.41, 5.74) is -0.0169. The zero-order chi connectivity index (χ0) is 23.6. The van der Waals surface area contributed by atoms with E-state index in [2.05, 4.69) is 10.3 Å². The summed E-state index contributed by atoms with van der Waals surface area (Å²) in [5, 5.41) is 43.9. The normalized spacial score (nSPS) is 26.0. The van der Waals surface area contributed by atoms with Crippen molar-refractivity contribution < 1.29 is 34.8 Å². The predicted molar refractivity (Wildman–Crippen MR) is 114 cm³/mol. The highest BCUT2D eigenvalue weighted by atomic mass is 16.6. The Morgan fingerprint density at radius 3 is 2.44 bits per heavy atom. The summed E-state index contributed by atoms with van der Waals surface area (Å²) in [7, 11) is 0. The monoisotopic (exact) mass is 447 g/mol. The van der Waals surface area contributed by atoms with E-state index < -0.39 is 61.1 Å². The highest BCUT2D eigenvalue weighted by molar-refractivity contribution is 6.06. The molecule has 2 aromatic rings. The summed E-state index contributed by atoms with van der Waals surface area (Å²) in [6, 6.07) is 8.49. The number of ether oxygens (including phenoxy) is 1. The van der Waals surface area contributed by atoms with Crippen molar-refractivity contribution in [2.75, 3.05) is 13.2 Å². The smallest absolute Gasteiger partial charge is 0.258 e. The summed E-state index contributed by atoms with van der Waals surface area (Å²) in [6.07, 6.45) is -6.21. The number of hydrogen-bond acceptors (Lipinski definition) is 8. The molecular formula is C22H29N3O7. The van der Waals surface area contributed by atoms with Gasteiger partial charge in [-0.1, -0.05) is 18.2 Å². The van der Waals surface area contributed by atoms with Crippen molar-refractivity contribution in [1.29, 1.82) is 0 Å². The van der Waals surface area contributed by atoms with Crippen LogP contribution in [0.15, 0.2) is 36.5 Å². The molecule has 1 aliphatic rings. The minimum Gasteiger partial charge on any atom is -0.394 e. The van der Waals surface area contributed by atoms with E-state index in [9.17, 15) is 30.0 Å². The van der Waals surface area contributed by atoms with Crippen molar-refractivity contribution in [1.82, 2.24) is 15.2 Å². The molecule has 10 nitrogen and oxygen atoms in total. The van der Waals surface area contributed by atoms with Crippen molar-refractivity contribution in [3.63, 3.8) is 0 Å². The Morgan fingerprint density at radius 2 is 1.78 bits per heavy atom. The maximum Gasteiger partial charge on any atom is 0.258 e. The van der Waals surface area contributed by atoms with E-state index in [-0.39, 0.29) is 5.56 Å². The van der Waals surface area contributed by atoms with Crippen LogP contribution in [0.1, 0.15) is 31.1 Å². The lowest BCUT2D eigenvalue weighted by Gasteiger charge is -2.44. The summed E-state index contributed by atoms with van der Waals surface area (Å²) in [6.45, 7) is 4.17. The van der Waals surface area contributed by atoms with Gasteiger partial charge < -0.3 is 35.4 Å². The van der Waals surface area contributed by atoms with Crippen LogP contribution < -0.4 is 5.32 Å². The van der Waals surface area contributed by atoms with Gasteiger partial charge in [-0.3, -0.25) is 14.6 Å². The quantitative estimate of drug-likeness (QED) is 0.407. The van der Waals surface area contributed by atoms with E-state index in [0.717, 1.165) is 4.90 Å². The van der Waals surface area contributed by atoms with Crippen molar-refractivity contribution >= 4 is 22.7 Å². The van der Waals surface area contributed by atoms with E-state index in [1.807, 2.05) is 0 Å². The van der Waals surface area contributed by atoms with Gasteiger partial charge >= 0.3 is 0 Å². The number of nitrogens with zero attached hydrogens (tertiary/aromatic N) is 2. The zero-order valence-corrected chi connectivity index (χ0v) is 18.2. The Kier molecular flexibility index (Phi) is 7.11. The van der Waals surface area contributed by atoms with Crippen molar-refractivity contribution in [2.24, 2.45) is 0 Å². The van der Waals surface area contributed by atoms with Crippen LogP contribution in [0.4, 0.5) is 0 Å².